The van der Waals surface area contributed by atoms with E-state index in [1.165, 1.54) is 11.3 Å². The lowest BCUT2D eigenvalue weighted by atomic mass is 10.2. The molecule has 0 saturated carbocycles. The molecule has 0 atom stereocenters. The number of nitrogens with two attached hydrogens (primary N) is 1. The minimum absolute atomic E-state index is 0.308. The van der Waals surface area contributed by atoms with Crippen LogP contribution in [0.5, 0.6) is 0 Å². The fraction of sp³-hybridized carbons (Fsp3) is 0.0556. The lowest BCUT2D eigenvalue weighted by molar-refractivity contribution is 0.0999. The molecule has 3 aromatic heterocycles. The van der Waals surface area contributed by atoms with Crippen LogP contribution < -0.4 is 10.5 Å². The number of nitrogens with one attached hydrogen (secondary N) is 1. The summed E-state index contributed by atoms with van der Waals surface area (Å²) in [6.45, 7) is 0.308. The third-order valence-electron chi connectivity index (χ3n) is 3.97. The lowest BCUT2D eigenvalue weighted by Gasteiger charge is -2.09. The van der Waals surface area contributed by atoms with Crippen LogP contribution in [-0.4, -0.2) is 20.4 Å². The number of hydrogen-bond acceptors (Lipinski definition) is 4. The first-order chi connectivity index (χ1) is 12.7. The maximum Gasteiger partial charge on any atom is 0.280 e. The normalized spacial score (nSPS) is 12.0. The Labute approximate surface area is 157 Å². The Morgan fingerprint density at radius 1 is 1.31 bits per heavy atom. The molecule has 0 saturated heterocycles. The van der Waals surface area contributed by atoms with E-state index in [2.05, 4.69) is 15.0 Å². The summed E-state index contributed by atoms with van der Waals surface area (Å²) in [6, 6.07) is 10.9. The van der Waals surface area contributed by atoms with E-state index in [9.17, 15) is 4.79 Å². The highest BCUT2D eigenvalue weighted by molar-refractivity contribution is 7.07. The molecule has 0 radical (unpaired) electrons. The second kappa shape index (κ2) is 6.87. The number of fused-ring (bicyclic) bond motifs is 1. The fourth-order valence-electron chi connectivity index (χ4n) is 2.75. The van der Waals surface area contributed by atoms with Crippen LogP contribution in [0.3, 0.4) is 0 Å². The Kier molecular flexibility index (Phi) is 4.42. The average Bonchev–Trinajstić information content (AvgIpc) is 3.28. The van der Waals surface area contributed by atoms with Crippen molar-refractivity contribution in [1.29, 1.82) is 0 Å². The molecule has 0 aliphatic carbocycles. The molecular weight excluding hydrogens is 370 g/mol. The molecule has 4 aromatic rings. The molecule has 0 aliphatic heterocycles. The first-order valence-corrected chi connectivity index (χ1v) is 9.10. The van der Waals surface area contributed by atoms with Gasteiger partial charge in [-0.3, -0.25) is 9.36 Å². The summed E-state index contributed by atoms with van der Waals surface area (Å²) in [6.07, 6.45) is 3.33. The van der Waals surface area contributed by atoms with Gasteiger partial charge in [0.2, 0.25) is 0 Å². The summed E-state index contributed by atoms with van der Waals surface area (Å²) in [5.74, 6) is -0.344. The van der Waals surface area contributed by atoms with E-state index in [-0.39, 0.29) is 5.91 Å². The number of halogens is 1. The van der Waals surface area contributed by atoms with Gasteiger partial charge in [0.25, 0.3) is 5.91 Å². The van der Waals surface area contributed by atoms with Crippen LogP contribution in [0.2, 0.25) is 5.02 Å². The topological polar surface area (TPSA) is 89.1 Å². The van der Waals surface area contributed by atoms with E-state index in [4.69, 9.17) is 17.3 Å². The van der Waals surface area contributed by atoms with Gasteiger partial charge < -0.3 is 10.7 Å². The molecule has 0 bridgehead atoms. The first kappa shape index (κ1) is 16.7. The Balaban J connectivity index is 1.89. The molecule has 3 N–H and O–H groups in total. The Morgan fingerprint density at radius 2 is 2.15 bits per heavy atom. The number of amides is 1. The molecule has 1 aromatic carbocycles. The van der Waals surface area contributed by atoms with E-state index in [0.29, 0.717) is 27.6 Å². The standard InChI is InChI=1S/C18H14ClN5OS/c19-14-3-1-2-4-15(14)24-11(9-20)10-26-18(24)23-17(25)13-6-8-22-16-12(13)5-7-21-16/h1-8,10H,9,20H2,(H,21,22)/b23-18-. The number of aromatic nitrogens is 3. The molecule has 0 fully saturated rings. The number of H-pyrrole nitrogens is 1. The molecule has 4 rings (SSSR count). The maximum atomic E-state index is 12.8. The number of hydrogen-bond donors (Lipinski definition) is 2. The van der Waals surface area contributed by atoms with E-state index in [1.54, 1.807) is 24.5 Å². The SMILES string of the molecule is NCc1cs/c(=N\C(=O)c2ccnc3[nH]ccc23)n1-c1ccccc1Cl. The lowest BCUT2D eigenvalue weighted by Crippen LogP contribution is -2.19. The van der Waals surface area contributed by atoms with Crippen molar-refractivity contribution in [2.24, 2.45) is 10.7 Å². The zero-order valence-corrected chi connectivity index (χ0v) is 15.1. The Hall–Kier alpha value is -2.74. The van der Waals surface area contributed by atoms with Crippen LogP contribution in [0.4, 0.5) is 0 Å². The van der Waals surface area contributed by atoms with Crippen molar-refractivity contribution in [2.45, 2.75) is 6.54 Å². The van der Waals surface area contributed by atoms with Crippen molar-refractivity contribution in [3.05, 3.63) is 75.3 Å². The molecular formula is C18H14ClN5OS. The number of carbonyl (C=O) groups is 1. The van der Waals surface area contributed by atoms with Crippen molar-refractivity contribution in [2.75, 3.05) is 0 Å². The summed E-state index contributed by atoms with van der Waals surface area (Å²) < 4.78 is 1.82. The number of pyridine rings is 1. The first-order valence-electron chi connectivity index (χ1n) is 7.84. The monoisotopic (exact) mass is 383 g/mol. The minimum atomic E-state index is -0.344. The van der Waals surface area contributed by atoms with Crippen molar-refractivity contribution in [1.82, 2.24) is 14.5 Å². The van der Waals surface area contributed by atoms with E-state index in [0.717, 1.165) is 16.8 Å². The maximum absolute atomic E-state index is 12.8. The second-order valence-electron chi connectivity index (χ2n) is 5.52. The largest absolute Gasteiger partial charge is 0.346 e. The summed E-state index contributed by atoms with van der Waals surface area (Å²) in [5, 5.41) is 3.18. The molecule has 1 amide bonds. The zero-order valence-electron chi connectivity index (χ0n) is 13.5. The molecule has 6 nitrogen and oxygen atoms in total. The third kappa shape index (κ3) is 2.86. The zero-order chi connectivity index (χ0) is 18.1. The van der Waals surface area contributed by atoms with Gasteiger partial charge in [-0.05, 0) is 24.3 Å². The number of benzene rings is 1. The molecule has 0 aliphatic rings. The van der Waals surface area contributed by atoms with Gasteiger partial charge in [-0.2, -0.15) is 4.99 Å². The van der Waals surface area contributed by atoms with Crippen molar-refractivity contribution >= 4 is 39.9 Å². The highest BCUT2D eigenvalue weighted by Crippen LogP contribution is 2.21. The van der Waals surface area contributed by atoms with Gasteiger partial charge in [-0.25, -0.2) is 4.98 Å². The number of para-hydroxylation sites is 1. The minimum Gasteiger partial charge on any atom is -0.346 e. The summed E-state index contributed by atoms with van der Waals surface area (Å²) in [4.78, 5) is 24.9. The fourth-order valence-corrected chi connectivity index (χ4v) is 3.87. The number of nitrogens with zero attached hydrogens (tertiary/aromatic N) is 3. The molecule has 0 unspecified atom stereocenters. The molecule has 26 heavy (non-hydrogen) atoms. The van der Waals surface area contributed by atoms with E-state index < -0.39 is 0 Å². The summed E-state index contributed by atoms with van der Waals surface area (Å²) >= 11 is 7.69. The number of carbonyl (C=O) groups excluding carboxylic acids is 1. The van der Waals surface area contributed by atoms with Gasteiger partial charge in [0.15, 0.2) is 4.80 Å². The third-order valence-corrected chi connectivity index (χ3v) is 5.16. The molecule has 3 heterocycles. The van der Waals surface area contributed by atoms with Gasteiger partial charge in [0.05, 0.1) is 16.3 Å². The van der Waals surface area contributed by atoms with Crippen LogP contribution in [-0.2, 0) is 6.54 Å². The number of rotatable bonds is 3. The quantitative estimate of drug-likeness (QED) is 0.569. The smallest absolute Gasteiger partial charge is 0.280 e. The molecule has 8 heteroatoms. The number of thiazole rings is 1. The molecule has 0 spiro atoms. The number of aromatic amines is 1. The summed E-state index contributed by atoms with van der Waals surface area (Å²) in [7, 11) is 0. The Morgan fingerprint density at radius 3 is 2.96 bits per heavy atom. The van der Waals surface area contributed by atoms with Crippen LogP contribution >= 0.6 is 22.9 Å². The van der Waals surface area contributed by atoms with Crippen LogP contribution in [0.25, 0.3) is 16.7 Å². The van der Waals surface area contributed by atoms with Crippen molar-refractivity contribution in [3.63, 3.8) is 0 Å². The van der Waals surface area contributed by atoms with Crippen LogP contribution in [0, 0.1) is 0 Å². The average molecular weight is 384 g/mol. The molecule has 130 valence electrons. The van der Waals surface area contributed by atoms with Gasteiger partial charge >= 0.3 is 0 Å². The van der Waals surface area contributed by atoms with Crippen LogP contribution in [0.1, 0.15) is 16.1 Å². The Bertz CT molecular complexity index is 1170. The van der Waals surface area contributed by atoms with E-state index in [1.807, 2.05) is 34.2 Å². The highest BCUT2D eigenvalue weighted by Gasteiger charge is 2.14. The van der Waals surface area contributed by atoms with Gasteiger partial charge in [-0.1, -0.05) is 23.7 Å². The van der Waals surface area contributed by atoms with Crippen molar-refractivity contribution in [3.8, 4) is 5.69 Å². The summed E-state index contributed by atoms with van der Waals surface area (Å²) in [5.41, 5.74) is 8.57. The second-order valence-corrected chi connectivity index (χ2v) is 6.76. The van der Waals surface area contributed by atoms with Crippen molar-refractivity contribution < 1.29 is 4.79 Å². The van der Waals surface area contributed by atoms with E-state index >= 15 is 0 Å². The van der Waals surface area contributed by atoms with Crippen LogP contribution in [0.15, 0.2) is 59.2 Å². The van der Waals surface area contributed by atoms with Gasteiger partial charge in [0, 0.05) is 35.4 Å². The predicted octanol–water partition coefficient (Wildman–Crippen LogP) is 3.27. The van der Waals surface area contributed by atoms with Gasteiger partial charge in [0.1, 0.15) is 5.65 Å². The highest BCUT2D eigenvalue weighted by atomic mass is 35.5. The predicted molar refractivity (Wildman–Crippen MR) is 103 cm³/mol. The van der Waals surface area contributed by atoms with Gasteiger partial charge in [-0.15, -0.1) is 11.3 Å².